The minimum absolute atomic E-state index is 0.405. The standard InChI is InChI=1S/C18H22N2O2/c1-5-7-11-12(6-2)22-18(3,4)14-13(10-8-9-10)16(17(19)21)20-15(11)14/h5-7,10,20H,1,8-9H2,2-4H3,(H2,19,21)/b11-7?,12-6+. The van der Waals surface area contributed by atoms with Gasteiger partial charge in [-0.3, -0.25) is 4.79 Å². The van der Waals surface area contributed by atoms with Crippen LogP contribution in [0.5, 0.6) is 0 Å². The third-order valence-electron chi connectivity index (χ3n) is 4.32. The highest BCUT2D eigenvalue weighted by Gasteiger charge is 2.43. The number of primary amides is 1. The van der Waals surface area contributed by atoms with Crippen molar-refractivity contribution in [2.75, 3.05) is 0 Å². The van der Waals surface area contributed by atoms with Crippen LogP contribution >= 0.6 is 0 Å². The number of ether oxygens (including phenoxy) is 1. The molecule has 4 nitrogen and oxygen atoms in total. The summed E-state index contributed by atoms with van der Waals surface area (Å²) in [5, 5.41) is 0. The van der Waals surface area contributed by atoms with E-state index in [0.29, 0.717) is 11.6 Å². The molecule has 1 aromatic heterocycles. The quantitative estimate of drug-likeness (QED) is 0.892. The van der Waals surface area contributed by atoms with Crippen molar-refractivity contribution in [2.45, 2.75) is 45.1 Å². The van der Waals surface area contributed by atoms with Gasteiger partial charge < -0.3 is 15.5 Å². The van der Waals surface area contributed by atoms with Crippen LogP contribution in [0.3, 0.4) is 0 Å². The van der Waals surface area contributed by atoms with Crippen molar-refractivity contribution in [1.82, 2.24) is 4.98 Å². The van der Waals surface area contributed by atoms with Gasteiger partial charge in [0.1, 0.15) is 17.1 Å². The summed E-state index contributed by atoms with van der Waals surface area (Å²) in [5.74, 6) is 0.784. The van der Waals surface area contributed by atoms with Crippen LogP contribution in [0.25, 0.3) is 5.57 Å². The molecule has 0 atom stereocenters. The first kappa shape index (κ1) is 14.7. The molecule has 2 aliphatic rings. The topological polar surface area (TPSA) is 68.1 Å². The molecule has 0 bridgehead atoms. The first-order valence-corrected chi connectivity index (χ1v) is 7.65. The Morgan fingerprint density at radius 3 is 2.64 bits per heavy atom. The molecule has 0 aromatic carbocycles. The second kappa shape index (κ2) is 4.90. The van der Waals surface area contributed by atoms with E-state index >= 15 is 0 Å². The van der Waals surface area contributed by atoms with Gasteiger partial charge in [0.15, 0.2) is 0 Å². The molecule has 1 aromatic rings. The summed E-state index contributed by atoms with van der Waals surface area (Å²) in [4.78, 5) is 15.2. The lowest BCUT2D eigenvalue weighted by molar-refractivity contribution is 0.0345. The minimum Gasteiger partial charge on any atom is -0.483 e. The first-order valence-electron chi connectivity index (χ1n) is 7.65. The van der Waals surface area contributed by atoms with Crippen LogP contribution in [0.1, 0.15) is 66.8 Å². The molecular formula is C18H22N2O2. The lowest BCUT2D eigenvalue weighted by Crippen LogP contribution is -2.28. The van der Waals surface area contributed by atoms with Gasteiger partial charge in [-0.25, -0.2) is 0 Å². The van der Waals surface area contributed by atoms with Crippen molar-refractivity contribution in [3.8, 4) is 0 Å². The zero-order valence-corrected chi connectivity index (χ0v) is 13.3. The number of H-pyrrole nitrogens is 1. The van der Waals surface area contributed by atoms with Crippen LogP contribution in [0.4, 0.5) is 0 Å². The van der Waals surface area contributed by atoms with E-state index in [2.05, 4.69) is 11.6 Å². The van der Waals surface area contributed by atoms with Crippen LogP contribution < -0.4 is 5.73 Å². The number of fused-ring (bicyclic) bond motifs is 1. The summed E-state index contributed by atoms with van der Waals surface area (Å²) in [6, 6.07) is 0. The largest absolute Gasteiger partial charge is 0.483 e. The number of rotatable bonds is 3. The van der Waals surface area contributed by atoms with E-state index in [-0.39, 0.29) is 0 Å². The van der Waals surface area contributed by atoms with E-state index in [1.165, 1.54) is 0 Å². The van der Waals surface area contributed by atoms with Crippen LogP contribution in [0.2, 0.25) is 0 Å². The summed E-state index contributed by atoms with van der Waals surface area (Å²) >= 11 is 0. The first-order chi connectivity index (χ1) is 10.4. The van der Waals surface area contributed by atoms with Crippen LogP contribution in [-0.2, 0) is 10.3 Å². The summed E-state index contributed by atoms with van der Waals surface area (Å²) in [5.41, 5.74) is 9.57. The van der Waals surface area contributed by atoms with Crippen molar-refractivity contribution in [1.29, 1.82) is 0 Å². The molecule has 1 aliphatic heterocycles. The van der Waals surface area contributed by atoms with Gasteiger partial charge in [-0.1, -0.05) is 12.7 Å². The molecule has 0 saturated heterocycles. The molecule has 0 spiro atoms. The van der Waals surface area contributed by atoms with Gasteiger partial charge in [0, 0.05) is 11.1 Å². The number of hydrogen-bond donors (Lipinski definition) is 2. The van der Waals surface area contributed by atoms with Crippen molar-refractivity contribution in [2.24, 2.45) is 5.73 Å². The number of carbonyl (C=O) groups is 1. The molecule has 1 aliphatic carbocycles. The Kier molecular flexibility index (Phi) is 3.28. The van der Waals surface area contributed by atoms with Crippen LogP contribution in [-0.4, -0.2) is 10.9 Å². The maximum Gasteiger partial charge on any atom is 0.265 e. The van der Waals surface area contributed by atoms with Gasteiger partial charge in [0.05, 0.1) is 5.69 Å². The number of carbonyl (C=O) groups excluding carboxylic acids is 1. The number of allylic oxidation sites excluding steroid dienone is 4. The zero-order valence-electron chi connectivity index (χ0n) is 13.3. The van der Waals surface area contributed by atoms with Gasteiger partial charge in [-0.15, -0.1) is 0 Å². The van der Waals surface area contributed by atoms with Crippen molar-refractivity contribution in [3.05, 3.63) is 53.1 Å². The lowest BCUT2D eigenvalue weighted by atomic mass is 9.85. The van der Waals surface area contributed by atoms with Crippen molar-refractivity contribution < 1.29 is 9.53 Å². The molecule has 1 saturated carbocycles. The highest BCUT2D eigenvalue weighted by molar-refractivity contribution is 5.96. The molecule has 116 valence electrons. The predicted molar refractivity (Wildman–Crippen MR) is 87.3 cm³/mol. The number of nitrogens with one attached hydrogen (secondary N) is 1. The van der Waals surface area contributed by atoms with Crippen LogP contribution in [0, 0.1) is 0 Å². The maximum absolute atomic E-state index is 11.9. The SMILES string of the molecule is C=CC=C1/C(=C\C)OC(C)(C)c2c1[nH]c(C(N)=O)c2C1CC1. The molecule has 3 rings (SSSR count). The number of aromatic nitrogens is 1. The smallest absolute Gasteiger partial charge is 0.265 e. The summed E-state index contributed by atoms with van der Waals surface area (Å²) in [7, 11) is 0. The van der Waals surface area contributed by atoms with Gasteiger partial charge in [-0.2, -0.15) is 0 Å². The average molecular weight is 298 g/mol. The Bertz CT molecular complexity index is 716. The molecule has 1 fully saturated rings. The maximum atomic E-state index is 11.9. The summed E-state index contributed by atoms with van der Waals surface area (Å²) in [6.45, 7) is 9.78. The fourth-order valence-electron chi connectivity index (χ4n) is 3.32. The third-order valence-corrected chi connectivity index (χ3v) is 4.32. The van der Waals surface area contributed by atoms with E-state index in [4.69, 9.17) is 10.5 Å². The number of nitrogens with two attached hydrogens (primary N) is 1. The number of amides is 1. The summed E-state index contributed by atoms with van der Waals surface area (Å²) < 4.78 is 6.20. The average Bonchev–Trinajstić information content (AvgIpc) is 3.20. The van der Waals surface area contributed by atoms with Gasteiger partial charge in [0.25, 0.3) is 5.91 Å². The predicted octanol–water partition coefficient (Wildman–Crippen LogP) is 3.73. The molecule has 0 radical (unpaired) electrons. The summed E-state index contributed by atoms with van der Waals surface area (Å²) in [6.07, 6.45) is 7.75. The Hall–Kier alpha value is -2.23. The highest BCUT2D eigenvalue weighted by Crippen LogP contribution is 2.52. The molecule has 2 heterocycles. The number of aromatic amines is 1. The number of hydrogen-bond acceptors (Lipinski definition) is 2. The second-order valence-corrected chi connectivity index (χ2v) is 6.38. The monoisotopic (exact) mass is 298 g/mol. The molecular weight excluding hydrogens is 276 g/mol. The fraction of sp³-hybridized carbons (Fsp3) is 0.389. The Morgan fingerprint density at radius 1 is 1.45 bits per heavy atom. The molecule has 4 heteroatoms. The van der Waals surface area contributed by atoms with Crippen molar-refractivity contribution in [3.63, 3.8) is 0 Å². The fourth-order valence-corrected chi connectivity index (χ4v) is 3.32. The zero-order chi connectivity index (χ0) is 16.1. The molecule has 0 unspecified atom stereocenters. The minimum atomic E-state index is -0.502. The Balaban J connectivity index is 2.33. The highest BCUT2D eigenvalue weighted by atomic mass is 16.5. The van der Waals surface area contributed by atoms with Crippen molar-refractivity contribution >= 4 is 11.5 Å². The van der Waals surface area contributed by atoms with E-state index in [9.17, 15) is 4.79 Å². The van der Waals surface area contributed by atoms with E-state index < -0.39 is 11.5 Å². The molecule has 1 amide bonds. The normalized spacial score (nSPS) is 23.2. The molecule has 3 N–H and O–H groups in total. The van der Waals surface area contributed by atoms with Gasteiger partial charge in [0.2, 0.25) is 0 Å². The Morgan fingerprint density at radius 2 is 2.14 bits per heavy atom. The molecule has 22 heavy (non-hydrogen) atoms. The van der Waals surface area contributed by atoms with Gasteiger partial charge in [-0.05, 0) is 57.2 Å². The van der Waals surface area contributed by atoms with E-state index in [1.54, 1.807) is 6.08 Å². The Labute approximate surface area is 130 Å². The second-order valence-electron chi connectivity index (χ2n) is 6.38. The third kappa shape index (κ3) is 2.10. The van der Waals surface area contributed by atoms with E-state index in [0.717, 1.165) is 41.0 Å². The van der Waals surface area contributed by atoms with Gasteiger partial charge >= 0.3 is 0 Å². The van der Waals surface area contributed by atoms with E-state index in [1.807, 2.05) is 32.9 Å². The lowest BCUT2D eigenvalue weighted by Gasteiger charge is -2.35. The van der Waals surface area contributed by atoms with Crippen LogP contribution in [0.15, 0.2) is 30.6 Å².